The fourth-order valence-electron chi connectivity index (χ4n) is 1.72. The largest absolute Gasteiger partial charge is 0.341 e. The van der Waals surface area contributed by atoms with Gasteiger partial charge in [0.1, 0.15) is 0 Å². The molecule has 3 atom stereocenters. The average Bonchev–Trinajstić information content (AvgIpc) is 2.44. The monoisotopic (exact) mass is 184 g/mol. The Morgan fingerprint density at radius 2 is 1.92 bits per heavy atom. The van der Waals surface area contributed by atoms with Gasteiger partial charge in [-0.05, 0) is 18.3 Å². The molecule has 0 bridgehead atoms. The zero-order chi connectivity index (χ0) is 10.0. The van der Waals surface area contributed by atoms with E-state index >= 15 is 0 Å². The van der Waals surface area contributed by atoms with Crippen LogP contribution in [0.15, 0.2) is 0 Å². The second-order valence-corrected chi connectivity index (χ2v) is 4.21. The van der Waals surface area contributed by atoms with Crippen molar-refractivity contribution in [1.29, 1.82) is 0 Å². The molecule has 2 N–H and O–H groups in total. The lowest BCUT2D eigenvalue weighted by molar-refractivity contribution is -0.131. The second kappa shape index (κ2) is 4.09. The number of carbonyl (C=O) groups is 1. The molecule has 13 heavy (non-hydrogen) atoms. The average molecular weight is 184 g/mol. The summed E-state index contributed by atoms with van der Waals surface area (Å²) in [6, 6.07) is -0.294. The molecule has 1 heterocycles. The summed E-state index contributed by atoms with van der Waals surface area (Å²) in [4.78, 5) is 13.6. The van der Waals surface area contributed by atoms with E-state index in [0.29, 0.717) is 11.8 Å². The van der Waals surface area contributed by atoms with E-state index in [1.807, 2.05) is 11.8 Å². The SMILES string of the molecule is CC[C@@H](N)C(=O)N1CC(C)C(C)C1. The molecule has 1 amide bonds. The van der Waals surface area contributed by atoms with Crippen molar-refractivity contribution in [3.8, 4) is 0 Å². The van der Waals surface area contributed by atoms with Crippen LogP contribution in [0.4, 0.5) is 0 Å². The lowest BCUT2D eigenvalue weighted by Gasteiger charge is -2.19. The van der Waals surface area contributed by atoms with Gasteiger partial charge in [0.15, 0.2) is 0 Å². The van der Waals surface area contributed by atoms with Gasteiger partial charge in [0, 0.05) is 13.1 Å². The maximum atomic E-state index is 11.7. The third-order valence-electron chi connectivity index (χ3n) is 3.06. The van der Waals surface area contributed by atoms with Crippen molar-refractivity contribution in [2.75, 3.05) is 13.1 Å². The number of rotatable bonds is 2. The van der Waals surface area contributed by atoms with Crippen LogP contribution in [0.3, 0.4) is 0 Å². The number of hydrogen-bond acceptors (Lipinski definition) is 2. The molecule has 0 radical (unpaired) electrons. The fourth-order valence-corrected chi connectivity index (χ4v) is 1.72. The van der Waals surface area contributed by atoms with Gasteiger partial charge in [0.05, 0.1) is 6.04 Å². The molecule has 76 valence electrons. The molecule has 0 aliphatic carbocycles. The van der Waals surface area contributed by atoms with Crippen molar-refractivity contribution in [3.05, 3.63) is 0 Å². The van der Waals surface area contributed by atoms with E-state index < -0.39 is 0 Å². The Morgan fingerprint density at radius 1 is 1.46 bits per heavy atom. The summed E-state index contributed by atoms with van der Waals surface area (Å²) in [6.07, 6.45) is 0.734. The van der Waals surface area contributed by atoms with E-state index in [2.05, 4.69) is 13.8 Å². The molecule has 0 spiro atoms. The highest BCUT2D eigenvalue weighted by Crippen LogP contribution is 2.22. The van der Waals surface area contributed by atoms with Gasteiger partial charge >= 0.3 is 0 Å². The van der Waals surface area contributed by atoms with Crippen molar-refractivity contribution in [3.63, 3.8) is 0 Å². The smallest absolute Gasteiger partial charge is 0.239 e. The van der Waals surface area contributed by atoms with Gasteiger partial charge in [-0.15, -0.1) is 0 Å². The Morgan fingerprint density at radius 3 is 2.31 bits per heavy atom. The maximum Gasteiger partial charge on any atom is 0.239 e. The second-order valence-electron chi connectivity index (χ2n) is 4.21. The Kier molecular flexibility index (Phi) is 3.31. The van der Waals surface area contributed by atoms with E-state index in [-0.39, 0.29) is 11.9 Å². The number of amides is 1. The van der Waals surface area contributed by atoms with Crippen molar-refractivity contribution in [1.82, 2.24) is 4.90 Å². The normalized spacial score (nSPS) is 30.6. The summed E-state index contributed by atoms with van der Waals surface area (Å²) in [6.45, 7) is 8.09. The lowest BCUT2D eigenvalue weighted by atomic mass is 10.0. The van der Waals surface area contributed by atoms with E-state index in [0.717, 1.165) is 19.5 Å². The van der Waals surface area contributed by atoms with E-state index in [4.69, 9.17) is 5.73 Å². The van der Waals surface area contributed by atoms with Gasteiger partial charge in [0.2, 0.25) is 5.91 Å². The molecule has 1 saturated heterocycles. The van der Waals surface area contributed by atoms with E-state index in [9.17, 15) is 4.79 Å². The number of nitrogens with zero attached hydrogens (tertiary/aromatic N) is 1. The van der Waals surface area contributed by atoms with Gasteiger partial charge < -0.3 is 10.6 Å². The van der Waals surface area contributed by atoms with Crippen LogP contribution in [0, 0.1) is 11.8 Å². The van der Waals surface area contributed by atoms with Crippen LogP contribution in [0.25, 0.3) is 0 Å². The van der Waals surface area contributed by atoms with Gasteiger partial charge in [0.25, 0.3) is 0 Å². The summed E-state index contributed by atoms with van der Waals surface area (Å²) < 4.78 is 0. The van der Waals surface area contributed by atoms with Crippen molar-refractivity contribution in [2.45, 2.75) is 33.2 Å². The Hall–Kier alpha value is -0.570. The predicted octanol–water partition coefficient (Wildman–Crippen LogP) is 0.838. The molecule has 1 aliphatic heterocycles. The molecule has 1 aliphatic rings. The third kappa shape index (κ3) is 2.21. The highest BCUT2D eigenvalue weighted by atomic mass is 16.2. The predicted molar refractivity (Wildman–Crippen MR) is 53.2 cm³/mol. The van der Waals surface area contributed by atoms with Crippen molar-refractivity contribution >= 4 is 5.91 Å². The summed E-state index contributed by atoms with van der Waals surface area (Å²) >= 11 is 0. The number of nitrogens with two attached hydrogens (primary N) is 1. The van der Waals surface area contributed by atoms with Crippen LogP contribution in [-0.4, -0.2) is 29.9 Å². The Bertz CT molecular complexity index is 183. The molecule has 3 heteroatoms. The standard InChI is InChI=1S/C10H20N2O/c1-4-9(11)10(13)12-5-7(2)8(3)6-12/h7-9H,4-6,11H2,1-3H3/t7?,8?,9-/m1/s1. The van der Waals surface area contributed by atoms with Crippen LogP contribution >= 0.6 is 0 Å². The minimum Gasteiger partial charge on any atom is -0.341 e. The van der Waals surface area contributed by atoms with Crippen molar-refractivity contribution < 1.29 is 4.79 Å². The first-order chi connectivity index (χ1) is 6.06. The lowest BCUT2D eigenvalue weighted by Crippen LogP contribution is -2.42. The summed E-state index contributed by atoms with van der Waals surface area (Å²) in [5.74, 6) is 1.36. The molecular formula is C10H20N2O. The number of carbonyl (C=O) groups excluding carboxylic acids is 1. The molecule has 0 aromatic rings. The summed E-state index contributed by atoms with van der Waals surface area (Å²) in [7, 11) is 0. The highest BCUT2D eigenvalue weighted by Gasteiger charge is 2.30. The van der Waals surface area contributed by atoms with Crippen LogP contribution in [0.1, 0.15) is 27.2 Å². The molecular weight excluding hydrogens is 164 g/mol. The zero-order valence-corrected chi connectivity index (χ0v) is 8.79. The maximum absolute atomic E-state index is 11.7. The minimum absolute atomic E-state index is 0.124. The summed E-state index contributed by atoms with van der Waals surface area (Å²) in [5.41, 5.74) is 5.70. The van der Waals surface area contributed by atoms with Crippen LogP contribution in [0.5, 0.6) is 0 Å². The number of likely N-dealkylation sites (tertiary alicyclic amines) is 1. The topological polar surface area (TPSA) is 46.3 Å². The zero-order valence-electron chi connectivity index (χ0n) is 8.79. The van der Waals surface area contributed by atoms with Gasteiger partial charge in [-0.2, -0.15) is 0 Å². The molecule has 3 nitrogen and oxygen atoms in total. The van der Waals surface area contributed by atoms with Crippen LogP contribution in [0.2, 0.25) is 0 Å². The first-order valence-electron chi connectivity index (χ1n) is 5.10. The van der Waals surface area contributed by atoms with E-state index in [1.54, 1.807) is 0 Å². The quantitative estimate of drug-likeness (QED) is 0.691. The third-order valence-corrected chi connectivity index (χ3v) is 3.06. The molecule has 0 saturated carbocycles. The molecule has 0 aromatic heterocycles. The fraction of sp³-hybridized carbons (Fsp3) is 0.900. The molecule has 2 unspecified atom stereocenters. The highest BCUT2D eigenvalue weighted by molar-refractivity contribution is 5.81. The molecule has 1 rings (SSSR count). The summed E-state index contributed by atoms with van der Waals surface area (Å²) in [5, 5.41) is 0. The van der Waals surface area contributed by atoms with Gasteiger partial charge in [-0.25, -0.2) is 0 Å². The first-order valence-corrected chi connectivity index (χ1v) is 5.10. The van der Waals surface area contributed by atoms with E-state index in [1.165, 1.54) is 0 Å². The van der Waals surface area contributed by atoms with Crippen LogP contribution < -0.4 is 5.73 Å². The van der Waals surface area contributed by atoms with Gasteiger partial charge in [-0.3, -0.25) is 4.79 Å². The van der Waals surface area contributed by atoms with Crippen molar-refractivity contribution in [2.24, 2.45) is 17.6 Å². The minimum atomic E-state index is -0.294. The Labute approximate surface area is 80.3 Å². The molecule has 1 fully saturated rings. The first kappa shape index (κ1) is 10.5. The molecule has 0 aromatic carbocycles. The Balaban J connectivity index is 2.50. The van der Waals surface area contributed by atoms with Gasteiger partial charge in [-0.1, -0.05) is 20.8 Å². The number of hydrogen-bond donors (Lipinski definition) is 1. The van der Waals surface area contributed by atoms with Crippen LogP contribution in [-0.2, 0) is 4.79 Å².